The van der Waals surface area contributed by atoms with Gasteiger partial charge < -0.3 is 9.67 Å². The Balaban J connectivity index is 1.68. The lowest BCUT2D eigenvalue weighted by Gasteiger charge is -2.13. The monoisotopic (exact) mass is 484 g/mol. The number of nitrogens with two attached hydrogens (primary N) is 1. The zero-order valence-corrected chi connectivity index (χ0v) is 18.7. The number of nitrogens with zero attached hydrogens (tertiary/aromatic N) is 3. The molecule has 0 atom stereocenters. The normalized spacial score (nSPS) is 15.2. The summed E-state index contributed by atoms with van der Waals surface area (Å²) >= 11 is 5.92. The number of carboxylic acids is 1. The maximum absolute atomic E-state index is 13.1. The number of hydrogen-bond acceptors (Lipinski definition) is 5. The Morgan fingerprint density at radius 1 is 1.12 bits per heavy atom. The molecular weight excluding hydrogens is 468 g/mol. The van der Waals surface area contributed by atoms with Gasteiger partial charge in [-0.2, -0.15) is 10.1 Å². The number of aromatic carboxylic acids is 1. The highest BCUT2D eigenvalue weighted by Crippen LogP contribution is 2.29. The van der Waals surface area contributed by atoms with Crippen molar-refractivity contribution in [1.82, 2.24) is 4.57 Å². The average molecular weight is 485 g/mol. The van der Waals surface area contributed by atoms with Crippen molar-refractivity contribution in [3.05, 3.63) is 82.6 Å². The van der Waals surface area contributed by atoms with Crippen molar-refractivity contribution in [3.63, 3.8) is 0 Å². The van der Waals surface area contributed by atoms with Gasteiger partial charge in [0.05, 0.1) is 32.5 Å². The topological polar surface area (TPSA) is 135 Å². The lowest BCUT2D eigenvalue weighted by molar-refractivity contribution is -0.114. The van der Waals surface area contributed by atoms with E-state index in [9.17, 15) is 23.1 Å². The van der Waals surface area contributed by atoms with E-state index >= 15 is 0 Å². The third kappa shape index (κ3) is 4.31. The molecule has 33 heavy (non-hydrogen) atoms. The molecule has 11 heteroatoms. The van der Waals surface area contributed by atoms with E-state index in [0.717, 1.165) is 5.01 Å². The molecule has 168 valence electrons. The van der Waals surface area contributed by atoms with Crippen molar-refractivity contribution in [1.29, 1.82) is 0 Å². The molecule has 0 unspecified atom stereocenters. The van der Waals surface area contributed by atoms with E-state index in [2.05, 4.69) is 5.10 Å². The number of carboxylic acid groups (broad SMARTS) is 1. The SMILES string of the molecule is CC1=NN(c2ccc(Cl)c(C(=O)O)c2)C(=O)/C1=C\c1cccn1-c1ccc(S(N)(=O)=O)cc1. The van der Waals surface area contributed by atoms with Crippen LogP contribution in [-0.2, 0) is 14.8 Å². The lowest BCUT2D eigenvalue weighted by Crippen LogP contribution is -2.21. The van der Waals surface area contributed by atoms with E-state index in [-0.39, 0.29) is 21.2 Å². The second-order valence-electron chi connectivity index (χ2n) is 7.17. The number of amides is 1. The first kappa shape index (κ1) is 22.5. The van der Waals surface area contributed by atoms with E-state index in [0.29, 0.717) is 22.7 Å². The van der Waals surface area contributed by atoms with Crippen molar-refractivity contribution < 1.29 is 23.1 Å². The molecule has 4 rings (SSSR count). The first-order valence-electron chi connectivity index (χ1n) is 9.51. The smallest absolute Gasteiger partial charge is 0.337 e. The van der Waals surface area contributed by atoms with Crippen LogP contribution in [0, 0.1) is 0 Å². The van der Waals surface area contributed by atoms with Crippen molar-refractivity contribution in [2.75, 3.05) is 5.01 Å². The highest BCUT2D eigenvalue weighted by molar-refractivity contribution is 7.89. The number of carbonyl (C=O) groups excluding carboxylic acids is 1. The Bertz CT molecular complexity index is 1460. The van der Waals surface area contributed by atoms with Crippen LogP contribution in [0.4, 0.5) is 5.69 Å². The molecule has 0 saturated carbocycles. The minimum atomic E-state index is -3.81. The number of rotatable bonds is 5. The van der Waals surface area contributed by atoms with Crippen LogP contribution in [0.3, 0.4) is 0 Å². The summed E-state index contributed by atoms with van der Waals surface area (Å²) in [7, 11) is -3.81. The Hall–Kier alpha value is -3.73. The second kappa shape index (κ2) is 8.32. The number of primary sulfonamides is 1. The van der Waals surface area contributed by atoms with Crippen molar-refractivity contribution in [3.8, 4) is 5.69 Å². The second-order valence-corrected chi connectivity index (χ2v) is 9.14. The maximum Gasteiger partial charge on any atom is 0.337 e. The van der Waals surface area contributed by atoms with E-state index in [1.54, 1.807) is 48.0 Å². The molecule has 0 spiro atoms. The molecule has 0 radical (unpaired) electrons. The van der Waals surface area contributed by atoms with E-state index in [4.69, 9.17) is 16.7 Å². The summed E-state index contributed by atoms with van der Waals surface area (Å²) < 4.78 is 24.8. The Morgan fingerprint density at radius 3 is 2.42 bits per heavy atom. The van der Waals surface area contributed by atoms with Gasteiger partial charge in [-0.25, -0.2) is 18.4 Å². The van der Waals surface area contributed by atoms with Gasteiger partial charge in [-0.1, -0.05) is 11.6 Å². The molecule has 3 N–H and O–H groups in total. The Kier molecular flexibility index (Phi) is 5.66. The number of carbonyl (C=O) groups is 2. The number of aromatic nitrogens is 1. The van der Waals surface area contributed by atoms with Crippen LogP contribution in [0.5, 0.6) is 0 Å². The summed E-state index contributed by atoms with van der Waals surface area (Å²) in [5.41, 5.74) is 2.23. The molecule has 1 aliphatic rings. The summed E-state index contributed by atoms with van der Waals surface area (Å²) in [6, 6.07) is 13.8. The van der Waals surface area contributed by atoms with Gasteiger partial charge in [0, 0.05) is 17.6 Å². The predicted molar refractivity (Wildman–Crippen MR) is 124 cm³/mol. The van der Waals surface area contributed by atoms with Crippen LogP contribution in [0.1, 0.15) is 23.0 Å². The van der Waals surface area contributed by atoms with Crippen LogP contribution < -0.4 is 10.1 Å². The third-order valence-corrected chi connectivity index (χ3v) is 6.26. The predicted octanol–water partition coefficient (Wildman–Crippen LogP) is 3.28. The Labute approximate surface area is 194 Å². The number of hydrazone groups is 1. The maximum atomic E-state index is 13.1. The standard InChI is InChI=1S/C22H17ClN4O5S/c1-13-18(21(28)27(25-13)16-6-9-20(23)19(12-16)22(29)30)11-15-3-2-10-26(15)14-4-7-17(8-5-14)33(24,31)32/h2-12H,1H3,(H,29,30)(H2,24,31,32)/b18-11-. The minimum absolute atomic E-state index is 0.00778. The molecule has 9 nitrogen and oxygen atoms in total. The fraction of sp³-hybridized carbons (Fsp3) is 0.0455. The lowest BCUT2D eigenvalue weighted by atomic mass is 10.1. The molecule has 0 bridgehead atoms. The molecule has 1 amide bonds. The van der Waals surface area contributed by atoms with Gasteiger partial charge in [0.2, 0.25) is 10.0 Å². The number of halogens is 1. The third-order valence-electron chi connectivity index (χ3n) is 5.00. The molecule has 1 aliphatic heterocycles. The van der Waals surface area contributed by atoms with Crippen LogP contribution in [0.25, 0.3) is 11.8 Å². The molecule has 2 aromatic carbocycles. The molecule has 2 heterocycles. The van der Waals surface area contributed by atoms with Crippen molar-refractivity contribution in [2.24, 2.45) is 10.2 Å². The number of benzene rings is 2. The van der Waals surface area contributed by atoms with Gasteiger partial charge in [0.1, 0.15) is 0 Å². The zero-order chi connectivity index (χ0) is 23.9. The summed E-state index contributed by atoms with van der Waals surface area (Å²) in [5.74, 6) is -1.64. The summed E-state index contributed by atoms with van der Waals surface area (Å²) in [6.45, 7) is 1.67. The van der Waals surface area contributed by atoms with Crippen molar-refractivity contribution >= 4 is 51.0 Å². The van der Waals surface area contributed by atoms with Crippen LogP contribution in [0.2, 0.25) is 5.02 Å². The number of sulfonamides is 1. The number of anilines is 1. The van der Waals surface area contributed by atoms with E-state index in [1.807, 2.05) is 0 Å². The van der Waals surface area contributed by atoms with Crippen LogP contribution in [0.15, 0.2) is 76.4 Å². The van der Waals surface area contributed by atoms with Gasteiger partial charge in [0.15, 0.2) is 0 Å². The van der Waals surface area contributed by atoms with E-state index < -0.39 is 21.9 Å². The van der Waals surface area contributed by atoms with Crippen LogP contribution in [-0.4, -0.2) is 35.7 Å². The Morgan fingerprint density at radius 2 is 1.79 bits per heavy atom. The zero-order valence-electron chi connectivity index (χ0n) is 17.1. The largest absolute Gasteiger partial charge is 0.478 e. The quantitative estimate of drug-likeness (QED) is 0.536. The first-order valence-corrected chi connectivity index (χ1v) is 11.4. The summed E-state index contributed by atoms with van der Waals surface area (Å²) in [6.07, 6.45) is 3.42. The molecule has 1 aromatic heterocycles. The van der Waals surface area contributed by atoms with Gasteiger partial charge >= 0.3 is 5.97 Å². The van der Waals surface area contributed by atoms with Crippen LogP contribution >= 0.6 is 11.6 Å². The molecule has 3 aromatic rings. The fourth-order valence-electron chi connectivity index (χ4n) is 3.36. The fourth-order valence-corrected chi connectivity index (χ4v) is 4.07. The molecular formula is C22H17ClN4O5S. The minimum Gasteiger partial charge on any atom is -0.478 e. The molecule has 0 saturated heterocycles. The summed E-state index contributed by atoms with van der Waals surface area (Å²) in [4.78, 5) is 24.5. The molecule has 0 aliphatic carbocycles. The highest BCUT2D eigenvalue weighted by atomic mass is 35.5. The van der Waals surface area contributed by atoms with Crippen molar-refractivity contribution in [2.45, 2.75) is 11.8 Å². The van der Waals surface area contributed by atoms with Gasteiger partial charge in [-0.05, 0) is 67.6 Å². The van der Waals surface area contributed by atoms with Gasteiger partial charge in [-0.3, -0.25) is 4.79 Å². The van der Waals surface area contributed by atoms with Gasteiger partial charge in [-0.15, -0.1) is 0 Å². The first-order chi connectivity index (χ1) is 15.6. The highest BCUT2D eigenvalue weighted by Gasteiger charge is 2.30. The average Bonchev–Trinajstić information content (AvgIpc) is 3.33. The summed E-state index contributed by atoms with van der Waals surface area (Å²) in [5, 5.41) is 19.9. The number of hydrogen-bond donors (Lipinski definition) is 2. The van der Waals surface area contributed by atoms with E-state index in [1.165, 1.54) is 30.3 Å². The van der Waals surface area contributed by atoms with Gasteiger partial charge in [0.25, 0.3) is 5.91 Å². The molecule has 0 fully saturated rings.